The Morgan fingerprint density at radius 3 is 1.56 bits per heavy atom. The largest absolute Gasteiger partial charge is 0.506 e. The summed E-state index contributed by atoms with van der Waals surface area (Å²) in [4.78, 5) is 0. The molecule has 3 heteroatoms. The third kappa shape index (κ3) is 14.5. The predicted molar refractivity (Wildman–Crippen MR) is 119 cm³/mol. The summed E-state index contributed by atoms with van der Waals surface area (Å²) in [5.41, 5.74) is 6.99. The molecule has 1 aromatic carbocycles. The number of hydrogen-bond acceptors (Lipinski definition) is 3. The molecule has 0 bridgehead atoms. The van der Waals surface area contributed by atoms with Crippen molar-refractivity contribution in [2.24, 2.45) is 0 Å². The highest BCUT2D eigenvalue weighted by molar-refractivity contribution is 5.54. The van der Waals surface area contributed by atoms with E-state index < -0.39 is 0 Å². The average molecular weight is 377 g/mol. The van der Waals surface area contributed by atoms with Gasteiger partial charge in [-0.25, -0.2) is 5.43 Å². The van der Waals surface area contributed by atoms with Gasteiger partial charge in [0.15, 0.2) is 0 Å². The third-order valence-corrected chi connectivity index (χ3v) is 5.28. The zero-order chi connectivity index (χ0) is 19.4. The number of hydrogen-bond donors (Lipinski definition) is 3. The second kappa shape index (κ2) is 18.2. The van der Waals surface area contributed by atoms with Crippen LogP contribution in [-0.4, -0.2) is 11.7 Å². The molecular weight excluding hydrogens is 332 g/mol. The number of phenols is 1. The molecule has 0 saturated carbocycles. The van der Waals surface area contributed by atoms with E-state index >= 15 is 0 Å². The topological polar surface area (TPSA) is 44.3 Å². The SMILES string of the molecule is CCCCCCCCCCCCCCCCCCNNc1ccccc1O. The minimum Gasteiger partial charge on any atom is -0.506 e. The lowest BCUT2D eigenvalue weighted by molar-refractivity contribution is 0.476. The minimum atomic E-state index is 0.289. The fourth-order valence-electron chi connectivity index (χ4n) is 3.50. The van der Waals surface area contributed by atoms with Crippen LogP contribution in [0.3, 0.4) is 0 Å². The van der Waals surface area contributed by atoms with Crippen LogP contribution in [-0.2, 0) is 0 Å². The van der Waals surface area contributed by atoms with Gasteiger partial charge in [0.25, 0.3) is 0 Å². The number of aromatic hydroxyl groups is 1. The highest BCUT2D eigenvalue weighted by Crippen LogP contribution is 2.20. The Morgan fingerprint density at radius 1 is 0.630 bits per heavy atom. The van der Waals surface area contributed by atoms with E-state index in [1.165, 1.54) is 103 Å². The van der Waals surface area contributed by atoms with E-state index in [4.69, 9.17) is 0 Å². The third-order valence-electron chi connectivity index (χ3n) is 5.28. The average Bonchev–Trinajstić information content (AvgIpc) is 2.68. The van der Waals surface area contributed by atoms with Crippen LogP contribution in [0.25, 0.3) is 0 Å². The fourth-order valence-corrected chi connectivity index (χ4v) is 3.50. The number of hydrazine groups is 1. The van der Waals surface area contributed by atoms with Gasteiger partial charge in [-0.2, -0.15) is 0 Å². The van der Waals surface area contributed by atoms with E-state index in [0.29, 0.717) is 0 Å². The van der Waals surface area contributed by atoms with E-state index in [9.17, 15) is 5.11 Å². The van der Waals surface area contributed by atoms with Crippen LogP contribution in [0.15, 0.2) is 24.3 Å². The van der Waals surface area contributed by atoms with Crippen LogP contribution < -0.4 is 10.9 Å². The van der Waals surface area contributed by atoms with Gasteiger partial charge in [-0.05, 0) is 18.6 Å². The standard InChI is InChI=1S/C24H44N2O/c1-2-3-4-5-6-7-8-9-10-11-12-13-14-15-16-19-22-25-26-23-20-17-18-21-24(23)27/h17-18,20-21,25-27H,2-16,19,22H2,1H3. The molecule has 0 aromatic heterocycles. The van der Waals surface area contributed by atoms with Crippen molar-refractivity contribution in [3.05, 3.63) is 24.3 Å². The van der Waals surface area contributed by atoms with Gasteiger partial charge in [-0.1, -0.05) is 115 Å². The Hall–Kier alpha value is -1.22. The Bertz CT molecular complexity index is 436. The second-order valence-electron chi connectivity index (χ2n) is 7.87. The first kappa shape index (κ1) is 23.8. The summed E-state index contributed by atoms with van der Waals surface area (Å²) in [7, 11) is 0. The van der Waals surface area contributed by atoms with Crippen LogP contribution >= 0.6 is 0 Å². The number of phenolic OH excluding ortho intramolecular Hbond substituents is 1. The molecular formula is C24H44N2O. The normalized spacial score (nSPS) is 11.0. The number of anilines is 1. The maximum absolute atomic E-state index is 9.65. The lowest BCUT2D eigenvalue weighted by Gasteiger charge is -2.09. The predicted octanol–water partition coefficient (Wildman–Crippen LogP) is 7.57. The van der Waals surface area contributed by atoms with Crippen molar-refractivity contribution in [3.8, 4) is 5.75 Å². The van der Waals surface area contributed by atoms with Gasteiger partial charge in [0, 0.05) is 6.54 Å². The highest BCUT2D eigenvalue weighted by atomic mass is 16.3. The maximum Gasteiger partial charge on any atom is 0.139 e. The summed E-state index contributed by atoms with van der Waals surface area (Å²) >= 11 is 0. The minimum absolute atomic E-state index is 0.289. The van der Waals surface area contributed by atoms with Gasteiger partial charge in [0.2, 0.25) is 0 Å². The fraction of sp³-hybridized carbons (Fsp3) is 0.750. The second-order valence-corrected chi connectivity index (χ2v) is 7.87. The zero-order valence-corrected chi connectivity index (χ0v) is 17.8. The van der Waals surface area contributed by atoms with E-state index in [1.54, 1.807) is 6.07 Å². The lowest BCUT2D eigenvalue weighted by atomic mass is 10.0. The van der Waals surface area contributed by atoms with Crippen molar-refractivity contribution >= 4 is 5.69 Å². The Balaban J connectivity index is 1.73. The molecule has 0 fully saturated rings. The molecule has 0 saturated heterocycles. The number of rotatable bonds is 19. The van der Waals surface area contributed by atoms with Gasteiger partial charge in [0.05, 0.1) is 5.69 Å². The molecule has 0 amide bonds. The summed E-state index contributed by atoms with van der Waals surface area (Å²) in [6, 6.07) is 7.31. The highest BCUT2D eigenvalue weighted by Gasteiger charge is 1.97. The van der Waals surface area contributed by atoms with Crippen molar-refractivity contribution in [3.63, 3.8) is 0 Å². The molecule has 3 nitrogen and oxygen atoms in total. The molecule has 0 atom stereocenters. The molecule has 0 heterocycles. The van der Waals surface area contributed by atoms with Crippen LogP contribution in [0.2, 0.25) is 0 Å². The first-order chi connectivity index (χ1) is 13.3. The van der Waals surface area contributed by atoms with Gasteiger partial charge < -0.3 is 10.5 Å². The Labute approximate surface area is 168 Å². The van der Waals surface area contributed by atoms with Crippen molar-refractivity contribution in [2.45, 2.75) is 110 Å². The van der Waals surface area contributed by atoms with Crippen molar-refractivity contribution < 1.29 is 5.11 Å². The van der Waals surface area contributed by atoms with Crippen LogP contribution in [0.4, 0.5) is 5.69 Å². The van der Waals surface area contributed by atoms with Crippen molar-refractivity contribution in [1.29, 1.82) is 0 Å². The van der Waals surface area contributed by atoms with E-state index in [0.717, 1.165) is 12.2 Å². The number of para-hydroxylation sites is 2. The number of unbranched alkanes of at least 4 members (excludes halogenated alkanes) is 15. The molecule has 1 rings (SSSR count). The molecule has 3 N–H and O–H groups in total. The first-order valence-corrected chi connectivity index (χ1v) is 11.6. The summed E-state index contributed by atoms with van der Waals surface area (Å²) in [5, 5.41) is 9.65. The molecule has 0 aliphatic heterocycles. The number of nitrogens with one attached hydrogen (secondary N) is 2. The quantitative estimate of drug-likeness (QED) is 0.132. The Kier molecular flexibility index (Phi) is 16.0. The molecule has 156 valence electrons. The van der Waals surface area contributed by atoms with Crippen molar-refractivity contribution in [1.82, 2.24) is 5.43 Å². The smallest absolute Gasteiger partial charge is 0.139 e. The van der Waals surface area contributed by atoms with Crippen LogP contribution in [0.5, 0.6) is 5.75 Å². The molecule has 1 aromatic rings. The van der Waals surface area contributed by atoms with Gasteiger partial charge in [-0.15, -0.1) is 0 Å². The van der Waals surface area contributed by atoms with Gasteiger partial charge in [-0.3, -0.25) is 0 Å². The summed E-state index contributed by atoms with van der Waals surface area (Å²) < 4.78 is 0. The molecule has 0 radical (unpaired) electrons. The van der Waals surface area contributed by atoms with E-state index in [-0.39, 0.29) is 5.75 Å². The summed E-state index contributed by atoms with van der Waals surface area (Å²) in [5.74, 6) is 0.289. The first-order valence-electron chi connectivity index (χ1n) is 11.6. The molecule has 0 aliphatic carbocycles. The summed E-state index contributed by atoms with van der Waals surface area (Å²) in [6.45, 7) is 3.22. The van der Waals surface area contributed by atoms with Gasteiger partial charge >= 0.3 is 0 Å². The Morgan fingerprint density at radius 2 is 1.07 bits per heavy atom. The van der Waals surface area contributed by atoms with Crippen LogP contribution in [0, 0.1) is 0 Å². The van der Waals surface area contributed by atoms with Crippen molar-refractivity contribution in [2.75, 3.05) is 12.0 Å². The maximum atomic E-state index is 9.65. The summed E-state index contributed by atoms with van der Waals surface area (Å²) in [6.07, 6.45) is 22.4. The molecule has 0 aliphatic rings. The van der Waals surface area contributed by atoms with Crippen LogP contribution in [0.1, 0.15) is 110 Å². The molecule has 0 spiro atoms. The lowest BCUT2D eigenvalue weighted by Crippen LogP contribution is -2.22. The molecule has 27 heavy (non-hydrogen) atoms. The monoisotopic (exact) mass is 376 g/mol. The van der Waals surface area contributed by atoms with E-state index in [1.807, 2.05) is 18.2 Å². The number of benzene rings is 1. The van der Waals surface area contributed by atoms with Gasteiger partial charge in [0.1, 0.15) is 5.75 Å². The zero-order valence-electron chi connectivity index (χ0n) is 17.8. The van der Waals surface area contributed by atoms with E-state index in [2.05, 4.69) is 17.8 Å². The molecule has 0 unspecified atom stereocenters.